The third-order valence-electron chi connectivity index (χ3n) is 11.1. The Morgan fingerprint density at radius 2 is 1.62 bits per heavy atom. The molecular formula is C38H49BBrN5O7. The number of carbonyl (C=O) groups excluding carboxylic acids is 4. The molecule has 0 bridgehead atoms. The summed E-state index contributed by atoms with van der Waals surface area (Å²) in [5.74, 6) is -0.110. The van der Waals surface area contributed by atoms with Crippen molar-refractivity contribution in [2.45, 2.75) is 82.9 Å². The first-order valence-corrected chi connectivity index (χ1v) is 19.4. The molecule has 14 heteroatoms. The Morgan fingerprint density at radius 1 is 0.942 bits per heavy atom. The third kappa shape index (κ3) is 9.23. The summed E-state index contributed by atoms with van der Waals surface area (Å²) in [6.45, 7) is 6.59. The van der Waals surface area contributed by atoms with E-state index in [9.17, 15) is 24.3 Å². The van der Waals surface area contributed by atoms with Gasteiger partial charge in [0.05, 0.1) is 11.1 Å². The molecule has 2 N–H and O–H groups in total. The highest BCUT2D eigenvalue weighted by atomic mass is 79.9. The van der Waals surface area contributed by atoms with Crippen LogP contribution in [0.3, 0.4) is 0 Å². The molecule has 0 unspecified atom stereocenters. The van der Waals surface area contributed by atoms with Gasteiger partial charge in [-0.2, -0.15) is 0 Å². The molecule has 4 amide bonds. The molecule has 0 aromatic heterocycles. The summed E-state index contributed by atoms with van der Waals surface area (Å²) in [6, 6.07) is 11.3. The average Bonchev–Trinajstić information content (AvgIpc) is 3.31. The molecule has 2 aromatic rings. The van der Waals surface area contributed by atoms with E-state index in [1.165, 1.54) is 0 Å². The molecule has 278 valence electrons. The van der Waals surface area contributed by atoms with E-state index in [1.54, 1.807) is 21.9 Å². The summed E-state index contributed by atoms with van der Waals surface area (Å²) < 4.78 is 11.6. The van der Waals surface area contributed by atoms with Gasteiger partial charge in [-0.25, -0.2) is 9.59 Å². The number of amides is 4. The van der Waals surface area contributed by atoms with Gasteiger partial charge in [0, 0.05) is 63.3 Å². The lowest BCUT2D eigenvalue weighted by Crippen LogP contribution is -2.53. The van der Waals surface area contributed by atoms with Crippen LogP contribution in [0.15, 0.2) is 40.9 Å². The predicted molar refractivity (Wildman–Crippen MR) is 201 cm³/mol. The fraction of sp³-hybridized carbons (Fsp3) is 0.579. The lowest BCUT2D eigenvalue weighted by Gasteiger charge is -2.42. The zero-order valence-electron chi connectivity index (χ0n) is 29.9. The van der Waals surface area contributed by atoms with E-state index in [4.69, 9.17) is 17.3 Å². The van der Waals surface area contributed by atoms with Gasteiger partial charge in [0.2, 0.25) is 0 Å². The molecule has 3 saturated heterocycles. The molecule has 52 heavy (non-hydrogen) atoms. The van der Waals surface area contributed by atoms with Crippen LogP contribution in [0.2, 0.25) is 0 Å². The second-order valence-electron chi connectivity index (χ2n) is 14.4. The Hall–Kier alpha value is -3.78. The van der Waals surface area contributed by atoms with Gasteiger partial charge >= 0.3 is 18.1 Å². The molecule has 2 radical (unpaired) electrons. The number of hydrogen-bond donors (Lipinski definition) is 2. The number of anilines is 1. The van der Waals surface area contributed by atoms with Gasteiger partial charge in [0.25, 0.3) is 5.91 Å². The van der Waals surface area contributed by atoms with Crippen molar-refractivity contribution in [3.05, 3.63) is 52.0 Å². The molecular weight excluding hydrogens is 729 g/mol. The number of piperidine rings is 3. The second-order valence-corrected chi connectivity index (χ2v) is 15.2. The van der Waals surface area contributed by atoms with Crippen LogP contribution in [-0.4, -0.2) is 127 Å². The molecule has 4 aliphatic rings. The Labute approximate surface area is 315 Å². The van der Waals surface area contributed by atoms with E-state index in [1.807, 2.05) is 36.1 Å². The van der Waals surface area contributed by atoms with E-state index in [0.717, 1.165) is 56.4 Å². The quantitative estimate of drug-likeness (QED) is 0.286. The number of carbonyl (C=O) groups is 4. The first-order valence-electron chi connectivity index (χ1n) is 18.7. The lowest BCUT2D eigenvalue weighted by molar-refractivity contribution is -0.144. The number of phenols is 1. The molecule has 0 saturated carbocycles. The molecule has 2 aromatic carbocycles. The highest BCUT2D eigenvalue weighted by molar-refractivity contribution is 9.10. The summed E-state index contributed by atoms with van der Waals surface area (Å²) in [7, 11) is 6.03. The number of aromatic hydroxyl groups is 1. The second kappa shape index (κ2) is 17.4. The van der Waals surface area contributed by atoms with Crippen molar-refractivity contribution in [2.24, 2.45) is 5.92 Å². The highest BCUT2D eigenvalue weighted by Crippen LogP contribution is 2.29. The van der Waals surface area contributed by atoms with Crippen molar-refractivity contribution in [3.63, 3.8) is 0 Å². The van der Waals surface area contributed by atoms with Crippen molar-refractivity contribution >= 4 is 58.9 Å². The number of halogens is 1. The van der Waals surface area contributed by atoms with Gasteiger partial charge < -0.3 is 39.5 Å². The Bertz CT molecular complexity index is 1580. The number of rotatable bonds is 9. The minimum absolute atomic E-state index is 0.0160. The van der Waals surface area contributed by atoms with E-state index in [0.29, 0.717) is 80.6 Å². The minimum Gasteiger partial charge on any atom is -0.507 e. The molecule has 0 spiro atoms. The summed E-state index contributed by atoms with van der Waals surface area (Å²) in [4.78, 5) is 60.6. The monoisotopic (exact) mass is 777 g/mol. The third-order valence-corrected chi connectivity index (χ3v) is 11.7. The summed E-state index contributed by atoms with van der Waals surface area (Å²) in [5, 5.41) is 13.2. The first-order chi connectivity index (χ1) is 25.1. The van der Waals surface area contributed by atoms with Gasteiger partial charge in [-0.1, -0.05) is 29.7 Å². The number of nitrogens with one attached hydrogen (secondary N) is 1. The normalized spacial score (nSPS) is 20.1. The van der Waals surface area contributed by atoms with E-state index in [-0.39, 0.29) is 41.6 Å². The molecule has 4 heterocycles. The molecule has 1 atom stereocenters. The van der Waals surface area contributed by atoms with Crippen molar-refractivity contribution in [2.75, 3.05) is 57.7 Å². The summed E-state index contributed by atoms with van der Waals surface area (Å²) >= 11 is 3.34. The average molecular weight is 779 g/mol. The van der Waals surface area contributed by atoms with Crippen LogP contribution in [0.5, 0.6) is 5.75 Å². The number of benzene rings is 2. The summed E-state index contributed by atoms with van der Waals surface area (Å²) in [5.41, 5.74) is 2.76. The van der Waals surface area contributed by atoms with Gasteiger partial charge in [0.1, 0.15) is 13.6 Å². The van der Waals surface area contributed by atoms with Gasteiger partial charge in [-0.3, -0.25) is 9.59 Å². The van der Waals surface area contributed by atoms with Crippen LogP contribution in [0.1, 0.15) is 63.0 Å². The lowest BCUT2D eigenvalue weighted by atomic mass is 9.90. The molecule has 3 fully saturated rings. The number of hydrogen-bond acceptors (Lipinski definition) is 8. The number of likely N-dealkylation sites (tertiary alicyclic amines) is 3. The van der Waals surface area contributed by atoms with Crippen molar-refractivity contribution in [1.82, 2.24) is 19.6 Å². The van der Waals surface area contributed by atoms with Gasteiger partial charge in [0.15, 0.2) is 6.10 Å². The SMILES string of the molecule is [B]c1cc(C[C@@H](OC(=O)N2CCC(N3CCc4ccccc4NC3=O)CC2)C(=O)N2CCC(N3CCC(CC(=O)OCC)CC3)CC2)cc(Br)c1O. The van der Waals surface area contributed by atoms with Gasteiger partial charge in [-0.05, 0) is 110 Å². The molecule has 6 rings (SSSR count). The maximum Gasteiger partial charge on any atom is 0.410 e. The Morgan fingerprint density at radius 3 is 2.31 bits per heavy atom. The zero-order chi connectivity index (χ0) is 36.8. The number of esters is 1. The largest absolute Gasteiger partial charge is 0.507 e. The van der Waals surface area contributed by atoms with E-state index < -0.39 is 12.2 Å². The van der Waals surface area contributed by atoms with Crippen LogP contribution >= 0.6 is 15.9 Å². The molecule has 4 aliphatic heterocycles. The zero-order valence-corrected chi connectivity index (χ0v) is 31.5. The number of ether oxygens (including phenoxy) is 2. The maximum atomic E-state index is 14.1. The highest BCUT2D eigenvalue weighted by Gasteiger charge is 2.37. The Kier molecular flexibility index (Phi) is 12.7. The first kappa shape index (κ1) is 38.0. The topological polar surface area (TPSA) is 132 Å². The number of urea groups is 1. The van der Waals surface area contributed by atoms with Gasteiger partial charge in [-0.15, -0.1) is 0 Å². The van der Waals surface area contributed by atoms with E-state index >= 15 is 0 Å². The maximum absolute atomic E-state index is 14.1. The Balaban J connectivity index is 1.05. The molecule has 12 nitrogen and oxygen atoms in total. The van der Waals surface area contributed by atoms with Crippen LogP contribution < -0.4 is 10.8 Å². The fourth-order valence-corrected chi connectivity index (χ4v) is 8.64. The standard InChI is InChI=1S/C38H49BBrN5O7/c1-2-51-34(46)24-25-7-14-42(15-8-25)28-10-16-43(17-11-28)36(48)33(23-26-21-30(39)35(47)31(40)22-26)52-38(50)44-18-12-29(13-19-44)45-20-9-27-5-3-4-6-32(27)41-37(45)49/h3-6,21-22,25,28-29,33,47H,2,7-20,23-24H2,1H3,(H,41,49)/t33-/m1/s1. The minimum atomic E-state index is -1.08. The van der Waals surface area contributed by atoms with E-state index in [2.05, 4.69) is 26.1 Å². The number of phenolic OH excluding ortho intramolecular Hbond substituents is 1. The van der Waals surface area contributed by atoms with Crippen LogP contribution in [0.4, 0.5) is 15.3 Å². The van der Waals surface area contributed by atoms with Crippen LogP contribution in [0, 0.1) is 5.92 Å². The molecule has 0 aliphatic carbocycles. The number of para-hydroxylation sites is 1. The number of nitrogens with zero attached hydrogens (tertiary/aromatic N) is 4. The number of fused-ring (bicyclic) bond motifs is 1. The van der Waals surface area contributed by atoms with Crippen molar-refractivity contribution in [3.8, 4) is 5.75 Å². The predicted octanol–water partition coefficient (Wildman–Crippen LogP) is 4.21. The summed E-state index contributed by atoms with van der Waals surface area (Å²) in [6.07, 6.45) is 4.45. The smallest absolute Gasteiger partial charge is 0.410 e. The van der Waals surface area contributed by atoms with Crippen molar-refractivity contribution in [1.29, 1.82) is 0 Å². The van der Waals surface area contributed by atoms with Crippen molar-refractivity contribution < 1.29 is 33.8 Å². The van der Waals surface area contributed by atoms with Crippen LogP contribution in [-0.2, 0) is 31.9 Å². The van der Waals surface area contributed by atoms with Crippen LogP contribution in [0.25, 0.3) is 0 Å². The fourth-order valence-electron chi connectivity index (χ4n) is 8.12.